The number of likely N-dealkylation sites (tertiary alicyclic amines) is 2. The van der Waals surface area contributed by atoms with E-state index in [1.54, 1.807) is 0 Å². The molecule has 2 heterocycles. The van der Waals surface area contributed by atoms with Crippen LogP contribution in [0.15, 0.2) is 109 Å². The predicted molar refractivity (Wildman–Crippen MR) is 252 cm³/mol. The molecule has 0 aliphatic carbocycles. The molecule has 0 aromatic heterocycles. The Bertz CT molecular complexity index is 3030. The lowest BCUT2D eigenvalue weighted by molar-refractivity contribution is -0.142. The molecule has 2 aliphatic rings. The van der Waals surface area contributed by atoms with Gasteiger partial charge in [0.05, 0.1) is 24.9 Å². The summed E-state index contributed by atoms with van der Waals surface area (Å²) in [6.45, 7) is 9.30. The minimum atomic E-state index is -0.396. The van der Waals surface area contributed by atoms with Gasteiger partial charge in [0.2, 0.25) is 23.6 Å². The fraction of sp³-hybridized carbons (Fsp3) is 0.357. The van der Waals surface area contributed by atoms with Crippen molar-refractivity contribution in [2.45, 2.75) is 105 Å². The van der Waals surface area contributed by atoms with Crippen LogP contribution in [0.2, 0.25) is 0 Å². The molecule has 2 fully saturated rings. The Kier molecular flexibility index (Phi) is 10.0. The Hall–Kier alpha value is -5.88. The monoisotopic (exact) mass is 820 g/mol. The molecular formula is C56H56N2O4. The fourth-order valence-corrected chi connectivity index (χ4v) is 12.0. The predicted octanol–water partition coefficient (Wildman–Crippen LogP) is 13.1. The SMILES string of the molecule is CCCCC(C)(CCCC(C)(CCC)C1CC(=O)N(Cc2ccc3ccc4cccc5ccc2c3c45)C1=O)C1CC(=O)N(Cc2ccc3ccc4cccc5ccc2c3c45)C1=O. The molecule has 10 rings (SSSR count). The molecule has 2 saturated heterocycles. The third-order valence-corrected chi connectivity index (χ3v) is 15.5. The molecule has 6 heteroatoms. The van der Waals surface area contributed by atoms with Gasteiger partial charge in [0.15, 0.2) is 0 Å². The normalized spacial score (nSPS) is 19.5. The van der Waals surface area contributed by atoms with Crippen LogP contribution in [-0.4, -0.2) is 33.4 Å². The molecule has 314 valence electrons. The molecule has 4 amide bonds. The Morgan fingerprint density at radius 2 is 0.823 bits per heavy atom. The lowest BCUT2D eigenvalue weighted by Crippen LogP contribution is -2.38. The molecule has 6 nitrogen and oxygen atoms in total. The van der Waals surface area contributed by atoms with Crippen molar-refractivity contribution in [1.29, 1.82) is 0 Å². The minimum absolute atomic E-state index is 0.0605. The maximum Gasteiger partial charge on any atom is 0.233 e. The van der Waals surface area contributed by atoms with E-state index in [1.165, 1.54) is 52.9 Å². The number of imide groups is 2. The number of benzene rings is 8. The molecule has 0 spiro atoms. The first kappa shape index (κ1) is 40.2. The summed E-state index contributed by atoms with van der Waals surface area (Å²) in [5, 5.41) is 14.1. The van der Waals surface area contributed by atoms with E-state index in [-0.39, 0.29) is 60.4 Å². The van der Waals surface area contributed by atoms with Crippen LogP contribution in [0.5, 0.6) is 0 Å². The zero-order chi connectivity index (χ0) is 42.9. The van der Waals surface area contributed by atoms with Crippen molar-refractivity contribution in [1.82, 2.24) is 9.80 Å². The van der Waals surface area contributed by atoms with Gasteiger partial charge in [-0.05, 0) is 112 Å². The largest absolute Gasteiger partial charge is 0.278 e. The zero-order valence-electron chi connectivity index (χ0n) is 36.6. The molecule has 0 saturated carbocycles. The van der Waals surface area contributed by atoms with Crippen molar-refractivity contribution in [3.8, 4) is 0 Å². The molecule has 8 aromatic carbocycles. The summed E-state index contributed by atoms with van der Waals surface area (Å²) in [6.07, 6.45) is 7.41. The molecule has 8 aromatic rings. The first-order valence-corrected chi connectivity index (χ1v) is 23.0. The van der Waals surface area contributed by atoms with Gasteiger partial charge < -0.3 is 0 Å². The number of carbonyl (C=O) groups excluding carboxylic acids is 4. The van der Waals surface area contributed by atoms with Crippen molar-refractivity contribution in [2.75, 3.05) is 0 Å². The smallest absolute Gasteiger partial charge is 0.233 e. The van der Waals surface area contributed by atoms with Gasteiger partial charge in [0, 0.05) is 12.8 Å². The van der Waals surface area contributed by atoms with Gasteiger partial charge in [-0.2, -0.15) is 0 Å². The van der Waals surface area contributed by atoms with Crippen LogP contribution in [-0.2, 0) is 32.3 Å². The summed E-state index contributed by atoms with van der Waals surface area (Å²) in [5.74, 6) is -1.11. The molecule has 62 heavy (non-hydrogen) atoms. The second kappa shape index (κ2) is 15.5. The molecular weight excluding hydrogens is 765 g/mol. The number of rotatable bonds is 15. The highest BCUT2D eigenvalue weighted by molar-refractivity contribution is 6.25. The standard InChI is InChI=1S/C56H56N2O4/c1-5-7-28-56(4,46-32-48(60)58(54(46)62)34-42-22-20-40-18-16-36-12-9-14-38-24-26-44(42)52(40)50(36)38)30-10-29-55(3,27-6-2)45-31-47(59)57(53(45)61)33-41-21-19-39-17-15-35-11-8-13-37-23-25-43(41)51(39)49(35)37/h8-9,11-26,45-46H,5-7,10,27-34H2,1-4H3. The number of nitrogens with zero attached hydrogens (tertiary/aromatic N) is 2. The van der Waals surface area contributed by atoms with Crippen LogP contribution in [0.3, 0.4) is 0 Å². The van der Waals surface area contributed by atoms with Crippen molar-refractivity contribution in [3.63, 3.8) is 0 Å². The average Bonchev–Trinajstić information content (AvgIpc) is 3.74. The van der Waals surface area contributed by atoms with E-state index in [9.17, 15) is 19.2 Å². The van der Waals surface area contributed by atoms with E-state index in [2.05, 4.69) is 137 Å². The Morgan fingerprint density at radius 3 is 1.24 bits per heavy atom. The molecule has 4 atom stereocenters. The quantitative estimate of drug-likeness (QED) is 0.0762. The molecule has 0 N–H and O–H groups in total. The fourth-order valence-electron chi connectivity index (χ4n) is 12.0. The third-order valence-electron chi connectivity index (χ3n) is 15.5. The van der Waals surface area contributed by atoms with E-state index in [4.69, 9.17) is 0 Å². The summed E-state index contributed by atoms with van der Waals surface area (Å²) in [5.41, 5.74) is 1.24. The molecule has 4 unspecified atom stereocenters. The highest BCUT2D eigenvalue weighted by Gasteiger charge is 2.50. The summed E-state index contributed by atoms with van der Waals surface area (Å²) < 4.78 is 0. The van der Waals surface area contributed by atoms with Gasteiger partial charge in [0.25, 0.3) is 0 Å². The van der Waals surface area contributed by atoms with Crippen LogP contribution in [0.25, 0.3) is 64.6 Å². The number of carbonyl (C=O) groups is 4. The van der Waals surface area contributed by atoms with E-state index in [1.807, 2.05) is 0 Å². The van der Waals surface area contributed by atoms with Gasteiger partial charge in [-0.3, -0.25) is 29.0 Å². The van der Waals surface area contributed by atoms with E-state index in [0.717, 1.165) is 84.0 Å². The van der Waals surface area contributed by atoms with Crippen molar-refractivity contribution in [3.05, 3.63) is 120 Å². The first-order valence-electron chi connectivity index (χ1n) is 23.0. The number of hydrogen-bond acceptors (Lipinski definition) is 4. The van der Waals surface area contributed by atoms with Gasteiger partial charge in [-0.25, -0.2) is 0 Å². The summed E-state index contributed by atoms with van der Waals surface area (Å²) in [7, 11) is 0. The Morgan fingerprint density at radius 1 is 0.452 bits per heavy atom. The van der Waals surface area contributed by atoms with Gasteiger partial charge in [0.1, 0.15) is 0 Å². The van der Waals surface area contributed by atoms with Crippen molar-refractivity contribution in [2.24, 2.45) is 22.7 Å². The second-order valence-electron chi connectivity index (χ2n) is 19.3. The van der Waals surface area contributed by atoms with Crippen LogP contribution < -0.4 is 0 Å². The number of amides is 4. The Labute approximate surface area is 363 Å². The topological polar surface area (TPSA) is 74.8 Å². The van der Waals surface area contributed by atoms with Crippen LogP contribution >= 0.6 is 0 Å². The average molecular weight is 821 g/mol. The summed E-state index contributed by atoms with van der Waals surface area (Å²) >= 11 is 0. The third kappa shape index (κ3) is 6.51. The molecule has 0 bridgehead atoms. The van der Waals surface area contributed by atoms with Crippen molar-refractivity contribution < 1.29 is 19.2 Å². The summed E-state index contributed by atoms with van der Waals surface area (Å²) in [4.78, 5) is 59.8. The van der Waals surface area contributed by atoms with E-state index >= 15 is 0 Å². The second-order valence-corrected chi connectivity index (χ2v) is 19.3. The van der Waals surface area contributed by atoms with Crippen LogP contribution in [0.1, 0.15) is 103 Å². The van der Waals surface area contributed by atoms with Crippen LogP contribution in [0, 0.1) is 22.7 Å². The molecule has 2 aliphatic heterocycles. The van der Waals surface area contributed by atoms with E-state index in [0.29, 0.717) is 0 Å². The van der Waals surface area contributed by atoms with Gasteiger partial charge >= 0.3 is 0 Å². The van der Waals surface area contributed by atoms with Gasteiger partial charge in [-0.1, -0.05) is 163 Å². The van der Waals surface area contributed by atoms with Crippen molar-refractivity contribution >= 4 is 88.3 Å². The van der Waals surface area contributed by atoms with Crippen LogP contribution in [0.4, 0.5) is 0 Å². The highest BCUT2D eigenvalue weighted by atomic mass is 16.2. The lowest BCUT2D eigenvalue weighted by atomic mass is 9.65. The lowest BCUT2D eigenvalue weighted by Gasteiger charge is -2.38. The number of unbranched alkanes of at least 4 members (excludes halogenated alkanes) is 1. The molecule has 0 radical (unpaired) electrons. The maximum absolute atomic E-state index is 14.5. The maximum atomic E-state index is 14.5. The Balaban J connectivity index is 0.863. The van der Waals surface area contributed by atoms with Gasteiger partial charge in [-0.15, -0.1) is 0 Å². The number of hydrogen-bond donors (Lipinski definition) is 0. The van der Waals surface area contributed by atoms with E-state index < -0.39 is 11.8 Å². The highest BCUT2D eigenvalue weighted by Crippen LogP contribution is 2.49. The zero-order valence-corrected chi connectivity index (χ0v) is 36.6. The summed E-state index contributed by atoms with van der Waals surface area (Å²) in [6, 6.07) is 38.4. The first-order chi connectivity index (χ1) is 30.0. The minimum Gasteiger partial charge on any atom is -0.278 e.